The Bertz CT molecular complexity index is 591. The number of amides is 2. The summed E-state index contributed by atoms with van der Waals surface area (Å²) in [5.41, 5.74) is 3.18. The fourth-order valence-electron chi connectivity index (χ4n) is 4.85. The van der Waals surface area contributed by atoms with E-state index >= 15 is 0 Å². The van der Waals surface area contributed by atoms with Gasteiger partial charge in [0.1, 0.15) is 0 Å². The fraction of sp³-hybridized carbons (Fsp3) is 0.650. The number of fused-ring (bicyclic) bond motifs is 2. The molecular formula is C20H29N3O. The van der Waals surface area contributed by atoms with Crippen LogP contribution < -0.4 is 10.6 Å². The van der Waals surface area contributed by atoms with Crippen LogP contribution in [0.3, 0.4) is 0 Å². The van der Waals surface area contributed by atoms with Gasteiger partial charge in [-0.2, -0.15) is 0 Å². The SMILES string of the molecule is Cc1cccc(C)c1NC(=O)NC1C[C@H]2CCC[C@@H](C1)N2C1CC1. The normalized spacial score (nSPS) is 30.0. The summed E-state index contributed by atoms with van der Waals surface area (Å²) >= 11 is 0. The van der Waals surface area contributed by atoms with Gasteiger partial charge in [0, 0.05) is 29.9 Å². The molecular weight excluding hydrogens is 298 g/mol. The molecule has 3 atom stereocenters. The minimum atomic E-state index is -0.0460. The molecule has 0 radical (unpaired) electrons. The summed E-state index contributed by atoms with van der Waals surface area (Å²) in [4.78, 5) is 15.3. The van der Waals surface area contributed by atoms with Crippen molar-refractivity contribution in [3.8, 4) is 0 Å². The third-order valence-electron chi connectivity index (χ3n) is 6.05. The number of urea groups is 1. The molecule has 1 unspecified atom stereocenters. The standard InChI is InChI=1S/C20H29N3O/c1-13-5-3-6-14(2)19(13)22-20(24)21-15-11-17-7-4-8-18(12-15)23(17)16-9-10-16/h3,5-6,15-18H,4,7-12H2,1-2H3,(H2,21,22,24)/t15?,17-,18+. The molecule has 4 nitrogen and oxygen atoms in total. The molecule has 2 heterocycles. The predicted molar refractivity (Wildman–Crippen MR) is 97.4 cm³/mol. The van der Waals surface area contributed by atoms with E-state index in [0.717, 1.165) is 35.7 Å². The van der Waals surface area contributed by atoms with Gasteiger partial charge >= 0.3 is 6.03 Å². The third kappa shape index (κ3) is 3.16. The van der Waals surface area contributed by atoms with Gasteiger partial charge in [-0.3, -0.25) is 4.90 Å². The Labute approximate surface area is 145 Å². The van der Waals surface area contributed by atoms with E-state index in [9.17, 15) is 4.79 Å². The number of nitrogens with zero attached hydrogens (tertiary/aromatic N) is 1. The number of benzene rings is 1. The van der Waals surface area contributed by atoms with Gasteiger partial charge in [-0.05, 0) is 63.5 Å². The van der Waals surface area contributed by atoms with Crippen LogP contribution in [0.1, 0.15) is 56.1 Å². The van der Waals surface area contributed by atoms with Crippen LogP contribution in [-0.2, 0) is 0 Å². The first kappa shape index (κ1) is 15.9. The van der Waals surface area contributed by atoms with Crippen molar-refractivity contribution in [2.75, 3.05) is 5.32 Å². The molecule has 1 aromatic rings. The van der Waals surface area contributed by atoms with E-state index in [1.54, 1.807) is 0 Å². The van der Waals surface area contributed by atoms with Crippen LogP contribution >= 0.6 is 0 Å². The molecule has 24 heavy (non-hydrogen) atoms. The van der Waals surface area contributed by atoms with Gasteiger partial charge < -0.3 is 10.6 Å². The first-order valence-corrected chi connectivity index (χ1v) is 9.53. The van der Waals surface area contributed by atoms with Crippen molar-refractivity contribution >= 4 is 11.7 Å². The molecule has 1 aromatic carbocycles. The Hall–Kier alpha value is -1.55. The fourth-order valence-corrected chi connectivity index (χ4v) is 4.85. The zero-order valence-electron chi connectivity index (χ0n) is 14.8. The monoisotopic (exact) mass is 327 g/mol. The highest BCUT2D eigenvalue weighted by atomic mass is 16.2. The minimum absolute atomic E-state index is 0.0460. The van der Waals surface area contributed by atoms with Gasteiger partial charge in [0.2, 0.25) is 0 Å². The molecule has 4 heteroatoms. The van der Waals surface area contributed by atoms with Gasteiger partial charge in [0.15, 0.2) is 0 Å². The van der Waals surface area contributed by atoms with Crippen LogP contribution in [0.2, 0.25) is 0 Å². The second-order valence-corrected chi connectivity index (χ2v) is 7.95. The Balaban J connectivity index is 1.38. The number of para-hydroxylation sites is 1. The first-order valence-electron chi connectivity index (χ1n) is 9.53. The Kier molecular flexibility index (Phi) is 4.25. The molecule has 4 rings (SSSR count). The molecule has 1 aliphatic carbocycles. The molecule has 2 N–H and O–H groups in total. The zero-order valence-corrected chi connectivity index (χ0v) is 14.8. The van der Waals surface area contributed by atoms with Crippen molar-refractivity contribution < 1.29 is 4.79 Å². The molecule has 2 saturated heterocycles. The number of hydrogen-bond donors (Lipinski definition) is 2. The highest BCUT2D eigenvalue weighted by Gasteiger charge is 2.45. The lowest BCUT2D eigenvalue weighted by atomic mass is 9.81. The highest BCUT2D eigenvalue weighted by molar-refractivity contribution is 5.91. The second-order valence-electron chi connectivity index (χ2n) is 7.95. The number of rotatable bonds is 3. The molecule has 2 aliphatic heterocycles. The van der Waals surface area contributed by atoms with Crippen molar-refractivity contribution in [2.24, 2.45) is 0 Å². The zero-order chi connectivity index (χ0) is 16.7. The number of nitrogens with one attached hydrogen (secondary N) is 2. The first-order chi connectivity index (χ1) is 11.6. The van der Waals surface area contributed by atoms with E-state index in [-0.39, 0.29) is 6.03 Å². The average molecular weight is 327 g/mol. The van der Waals surface area contributed by atoms with Crippen LogP contribution in [0, 0.1) is 13.8 Å². The summed E-state index contributed by atoms with van der Waals surface area (Å²) in [5.74, 6) is 0. The van der Waals surface area contributed by atoms with Crippen molar-refractivity contribution in [1.29, 1.82) is 0 Å². The molecule has 2 bridgehead atoms. The smallest absolute Gasteiger partial charge is 0.319 e. The minimum Gasteiger partial charge on any atom is -0.335 e. The van der Waals surface area contributed by atoms with E-state index in [1.165, 1.54) is 32.1 Å². The number of hydrogen-bond acceptors (Lipinski definition) is 2. The van der Waals surface area contributed by atoms with Crippen molar-refractivity contribution in [1.82, 2.24) is 10.2 Å². The number of carbonyl (C=O) groups excluding carboxylic acids is 1. The van der Waals surface area contributed by atoms with Crippen molar-refractivity contribution in [3.05, 3.63) is 29.3 Å². The van der Waals surface area contributed by atoms with E-state index in [1.807, 2.05) is 32.0 Å². The number of aryl methyl sites for hydroxylation is 2. The third-order valence-corrected chi connectivity index (χ3v) is 6.05. The van der Waals surface area contributed by atoms with Gasteiger partial charge in [0.25, 0.3) is 0 Å². The highest BCUT2D eigenvalue weighted by Crippen LogP contribution is 2.41. The predicted octanol–water partition coefficient (Wildman–Crippen LogP) is 3.97. The molecule has 3 aliphatic rings. The molecule has 2 amide bonds. The Morgan fingerprint density at radius 1 is 1.00 bits per heavy atom. The average Bonchev–Trinajstić information content (AvgIpc) is 3.35. The number of anilines is 1. The van der Waals surface area contributed by atoms with Crippen LogP contribution in [0.4, 0.5) is 10.5 Å². The van der Waals surface area contributed by atoms with E-state index < -0.39 is 0 Å². The summed E-state index contributed by atoms with van der Waals surface area (Å²) in [5, 5.41) is 6.33. The van der Waals surface area contributed by atoms with Gasteiger partial charge in [-0.25, -0.2) is 4.79 Å². The largest absolute Gasteiger partial charge is 0.335 e. The Morgan fingerprint density at radius 3 is 2.21 bits per heavy atom. The van der Waals surface area contributed by atoms with Crippen molar-refractivity contribution in [2.45, 2.75) is 83.0 Å². The molecule has 1 saturated carbocycles. The summed E-state index contributed by atoms with van der Waals surface area (Å²) in [7, 11) is 0. The van der Waals surface area contributed by atoms with E-state index in [4.69, 9.17) is 0 Å². The van der Waals surface area contributed by atoms with Crippen molar-refractivity contribution in [3.63, 3.8) is 0 Å². The quantitative estimate of drug-likeness (QED) is 0.882. The van der Waals surface area contributed by atoms with Gasteiger partial charge in [-0.15, -0.1) is 0 Å². The summed E-state index contributed by atoms with van der Waals surface area (Å²) in [6, 6.07) is 8.62. The maximum atomic E-state index is 12.5. The molecule has 0 spiro atoms. The van der Waals surface area contributed by atoms with Gasteiger partial charge in [-0.1, -0.05) is 24.6 Å². The molecule has 0 aromatic heterocycles. The summed E-state index contributed by atoms with van der Waals surface area (Å²) in [6.07, 6.45) is 8.99. The molecule has 3 fully saturated rings. The van der Waals surface area contributed by atoms with Crippen LogP contribution in [0.5, 0.6) is 0 Å². The maximum absolute atomic E-state index is 12.5. The van der Waals surface area contributed by atoms with Crippen LogP contribution in [-0.4, -0.2) is 35.1 Å². The van der Waals surface area contributed by atoms with Crippen LogP contribution in [0.15, 0.2) is 18.2 Å². The lowest BCUT2D eigenvalue weighted by Crippen LogP contribution is -2.58. The molecule has 130 valence electrons. The Morgan fingerprint density at radius 2 is 1.62 bits per heavy atom. The topological polar surface area (TPSA) is 44.4 Å². The summed E-state index contributed by atoms with van der Waals surface area (Å²) < 4.78 is 0. The maximum Gasteiger partial charge on any atom is 0.319 e. The number of piperidine rings is 2. The summed E-state index contributed by atoms with van der Waals surface area (Å²) in [6.45, 7) is 4.09. The lowest BCUT2D eigenvalue weighted by Gasteiger charge is -2.49. The van der Waals surface area contributed by atoms with Crippen LogP contribution in [0.25, 0.3) is 0 Å². The second kappa shape index (κ2) is 6.40. The number of carbonyl (C=O) groups is 1. The van der Waals surface area contributed by atoms with E-state index in [0.29, 0.717) is 18.1 Å². The lowest BCUT2D eigenvalue weighted by molar-refractivity contribution is 0.0198. The van der Waals surface area contributed by atoms with E-state index in [2.05, 4.69) is 15.5 Å². The van der Waals surface area contributed by atoms with Gasteiger partial charge in [0.05, 0.1) is 0 Å².